The molecular formula is C18H22ClN3O4. The van der Waals surface area contributed by atoms with E-state index < -0.39 is 0 Å². The van der Waals surface area contributed by atoms with Gasteiger partial charge in [-0.2, -0.15) is 0 Å². The molecule has 0 saturated heterocycles. The van der Waals surface area contributed by atoms with Gasteiger partial charge in [0.05, 0.1) is 26.3 Å². The van der Waals surface area contributed by atoms with Crippen LogP contribution in [0.25, 0.3) is 0 Å². The molecule has 1 aromatic heterocycles. The summed E-state index contributed by atoms with van der Waals surface area (Å²) < 4.78 is 10.2. The summed E-state index contributed by atoms with van der Waals surface area (Å²) in [6.07, 6.45) is 0. The predicted molar refractivity (Wildman–Crippen MR) is 102 cm³/mol. The van der Waals surface area contributed by atoms with Gasteiger partial charge in [-0.1, -0.05) is 11.6 Å². The average molecular weight is 380 g/mol. The normalized spacial score (nSPS) is 10.3. The third-order valence-corrected chi connectivity index (χ3v) is 4.12. The maximum Gasteiger partial charge on any atom is 0.251 e. The molecular weight excluding hydrogens is 358 g/mol. The second-order valence-corrected chi connectivity index (χ2v) is 5.99. The van der Waals surface area contributed by atoms with Crippen molar-refractivity contribution in [2.75, 3.05) is 26.1 Å². The Labute approximate surface area is 156 Å². The number of halogens is 1. The lowest BCUT2D eigenvalue weighted by atomic mass is 10.1. The van der Waals surface area contributed by atoms with Crippen LogP contribution in [0.3, 0.4) is 0 Å². The van der Waals surface area contributed by atoms with Gasteiger partial charge in [0.25, 0.3) is 5.91 Å². The highest BCUT2D eigenvalue weighted by Gasteiger charge is 2.16. The summed E-state index contributed by atoms with van der Waals surface area (Å²) in [4.78, 5) is 27.7. The molecule has 0 bridgehead atoms. The minimum atomic E-state index is -0.332. The van der Waals surface area contributed by atoms with Crippen LogP contribution in [-0.2, 0) is 6.54 Å². The molecule has 1 aromatic carbocycles. The first-order chi connectivity index (χ1) is 12.4. The van der Waals surface area contributed by atoms with Crippen LogP contribution in [0.4, 0.5) is 5.69 Å². The topological polar surface area (TPSA) is 92.5 Å². The number of carbonyl (C=O) groups is 1. The molecule has 0 aliphatic rings. The minimum absolute atomic E-state index is 0.00380. The fraction of sp³-hybridized carbons (Fsp3) is 0.333. The molecule has 7 nitrogen and oxygen atoms in total. The van der Waals surface area contributed by atoms with Crippen LogP contribution in [0.15, 0.2) is 23.0 Å². The summed E-state index contributed by atoms with van der Waals surface area (Å²) in [5, 5.41) is 6.37. The first-order valence-corrected chi connectivity index (χ1v) is 8.45. The number of hydrogen-bond donors (Lipinski definition) is 3. The second-order valence-electron chi connectivity index (χ2n) is 5.55. The van der Waals surface area contributed by atoms with Gasteiger partial charge in [0, 0.05) is 28.9 Å². The summed E-state index contributed by atoms with van der Waals surface area (Å²) in [7, 11) is 2.87. The lowest BCUT2D eigenvalue weighted by Gasteiger charge is -2.14. The number of aromatic nitrogens is 1. The standard InChI is InChI=1S/C18H22ClN3O4/c1-5-20-14-7-11(19)6-12(10(14)2)17(24)21-9-13-15(23)8-16(25-3)22-18(13)26-4/h6-8,20H,5,9H2,1-4H3,(H,21,24)(H,22,23). The van der Waals surface area contributed by atoms with Gasteiger partial charge in [0.2, 0.25) is 5.88 Å². The van der Waals surface area contributed by atoms with Gasteiger partial charge in [-0.05, 0) is 31.5 Å². The number of rotatable bonds is 7. The number of H-pyrrole nitrogens is 1. The van der Waals surface area contributed by atoms with E-state index >= 15 is 0 Å². The Morgan fingerprint density at radius 3 is 2.58 bits per heavy atom. The van der Waals surface area contributed by atoms with Gasteiger partial charge < -0.3 is 20.1 Å². The van der Waals surface area contributed by atoms with Crippen molar-refractivity contribution in [2.24, 2.45) is 0 Å². The lowest BCUT2D eigenvalue weighted by Crippen LogP contribution is -2.27. The third kappa shape index (κ3) is 4.29. The summed E-state index contributed by atoms with van der Waals surface area (Å²) in [5.74, 6) is 0.190. The van der Waals surface area contributed by atoms with Gasteiger partial charge in [-0.25, -0.2) is 0 Å². The van der Waals surface area contributed by atoms with Crippen molar-refractivity contribution in [2.45, 2.75) is 20.4 Å². The number of aromatic amines is 1. The zero-order valence-electron chi connectivity index (χ0n) is 15.2. The van der Waals surface area contributed by atoms with Gasteiger partial charge in [-0.3, -0.25) is 14.6 Å². The zero-order chi connectivity index (χ0) is 19.3. The number of anilines is 1. The van der Waals surface area contributed by atoms with Crippen molar-refractivity contribution >= 4 is 23.2 Å². The number of carbonyl (C=O) groups excluding carboxylic acids is 1. The van der Waals surface area contributed by atoms with E-state index in [0.29, 0.717) is 22.7 Å². The van der Waals surface area contributed by atoms with Crippen molar-refractivity contribution in [3.8, 4) is 11.8 Å². The summed E-state index contributed by atoms with van der Waals surface area (Å²) in [6.45, 7) is 4.51. The fourth-order valence-electron chi connectivity index (χ4n) is 2.55. The van der Waals surface area contributed by atoms with Crippen LogP contribution < -0.4 is 25.5 Å². The van der Waals surface area contributed by atoms with Gasteiger partial charge >= 0.3 is 0 Å². The number of methoxy groups -OCH3 is 2. The number of amides is 1. The van der Waals surface area contributed by atoms with Crippen LogP contribution in [-0.4, -0.2) is 31.7 Å². The summed E-state index contributed by atoms with van der Waals surface area (Å²) in [6, 6.07) is 4.68. The van der Waals surface area contributed by atoms with Crippen molar-refractivity contribution in [3.63, 3.8) is 0 Å². The van der Waals surface area contributed by atoms with E-state index in [1.54, 1.807) is 12.1 Å². The van der Waals surface area contributed by atoms with Crippen molar-refractivity contribution < 1.29 is 14.3 Å². The minimum Gasteiger partial charge on any atom is -0.482 e. The average Bonchev–Trinajstić information content (AvgIpc) is 2.62. The number of ether oxygens (including phenoxy) is 2. The molecule has 0 saturated carbocycles. The molecule has 2 rings (SSSR count). The molecule has 0 spiro atoms. The highest BCUT2D eigenvalue weighted by Crippen LogP contribution is 2.25. The van der Waals surface area contributed by atoms with Gasteiger partial charge in [-0.15, -0.1) is 0 Å². The largest absolute Gasteiger partial charge is 0.482 e. The number of pyridine rings is 1. The summed E-state index contributed by atoms with van der Waals surface area (Å²) in [5.41, 5.74) is 2.02. The Balaban J connectivity index is 2.26. The molecule has 140 valence electrons. The van der Waals surface area contributed by atoms with Crippen LogP contribution in [0, 0.1) is 6.92 Å². The van der Waals surface area contributed by atoms with Gasteiger partial charge in [0.1, 0.15) is 0 Å². The molecule has 2 aromatic rings. The molecule has 0 unspecified atom stereocenters. The van der Waals surface area contributed by atoms with Crippen molar-refractivity contribution in [1.82, 2.24) is 10.3 Å². The quantitative estimate of drug-likeness (QED) is 0.687. The second kappa shape index (κ2) is 8.62. The monoisotopic (exact) mass is 379 g/mol. The first-order valence-electron chi connectivity index (χ1n) is 8.07. The van der Waals surface area contributed by atoms with E-state index in [4.69, 9.17) is 21.1 Å². The number of benzene rings is 1. The Hall–Kier alpha value is -2.67. The van der Waals surface area contributed by atoms with Crippen LogP contribution in [0.1, 0.15) is 28.4 Å². The van der Waals surface area contributed by atoms with E-state index in [-0.39, 0.29) is 29.6 Å². The maximum absolute atomic E-state index is 12.6. The molecule has 1 amide bonds. The van der Waals surface area contributed by atoms with Crippen molar-refractivity contribution in [3.05, 3.63) is 50.1 Å². The van der Waals surface area contributed by atoms with Gasteiger partial charge in [0.15, 0.2) is 11.3 Å². The first kappa shape index (κ1) is 19.7. The molecule has 8 heteroatoms. The van der Waals surface area contributed by atoms with Crippen LogP contribution in [0.5, 0.6) is 11.8 Å². The maximum atomic E-state index is 12.6. The zero-order valence-corrected chi connectivity index (χ0v) is 15.9. The molecule has 3 N–H and O–H groups in total. The van der Waals surface area contributed by atoms with E-state index in [9.17, 15) is 9.59 Å². The lowest BCUT2D eigenvalue weighted by molar-refractivity contribution is 0.0950. The summed E-state index contributed by atoms with van der Waals surface area (Å²) >= 11 is 6.12. The van der Waals surface area contributed by atoms with Crippen LogP contribution in [0.2, 0.25) is 5.02 Å². The van der Waals surface area contributed by atoms with E-state index in [2.05, 4.69) is 15.6 Å². The Morgan fingerprint density at radius 2 is 1.96 bits per heavy atom. The number of nitrogens with one attached hydrogen (secondary N) is 3. The molecule has 0 aliphatic heterocycles. The Kier molecular flexibility index (Phi) is 6.52. The molecule has 0 atom stereocenters. The van der Waals surface area contributed by atoms with Crippen molar-refractivity contribution in [1.29, 1.82) is 0 Å². The predicted octanol–water partition coefficient (Wildman–Crippen LogP) is 2.72. The Morgan fingerprint density at radius 1 is 1.23 bits per heavy atom. The fourth-order valence-corrected chi connectivity index (χ4v) is 2.76. The van der Waals surface area contributed by atoms with Crippen LogP contribution >= 0.6 is 11.6 Å². The van der Waals surface area contributed by atoms with E-state index in [1.807, 2.05) is 13.8 Å². The Bertz CT molecular complexity index is 864. The van der Waals surface area contributed by atoms with E-state index in [1.165, 1.54) is 20.3 Å². The third-order valence-electron chi connectivity index (χ3n) is 3.90. The van der Waals surface area contributed by atoms with E-state index in [0.717, 1.165) is 11.3 Å². The highest BCUT2D eigenvalue weighted by atomic mass is 35.5. The smallest absolute Gasteiger partial charge is 0.251 e. The SMILES string of the molecule is CCNc1cc(Cl)cc(C(=O)NCc2c(OC)[nH]c(OC)cc2=O)c1C. The molecule has 0 fully saturated rings. The molecule has 0 radical (unpaired) electrons. The highest BCUT2D eigenvalue weighted by molar-refractivity contribution is 6.31. The molecule has 0 aliphatic carbocycles. The number of hydrogen-bond acceptors (Lipinski definition) is 5. The molecule has 1 heterocycles. The molecule has 26 heavy (non-hydrogen) atoms.